The maximum absolute atomic E-state index is 9.93. The molecule has 0 bridgehead atoms. The van der Waals surface area contributed by atoms with Crippen LogP contribution in [0.15, 0.2) is 132 Å². The summed E-state index contributed by atoms with van der Waals surface area (Å²) in [7, 11) is 0. The molecule has 0 spiro atoms. The Morgan fingerprint density at radius 3 is 1.27 bits per heavy atom. The van der Waals surface area contributed by atoms with E-state index in [0.29, 0.717) is 77.5 Å². The highest BCUT2D eigenvalue weighted by molar-refractivity contribution is 9.10. The van der Waals surface area contributed by atoms with Crippen LogP contribution < -0.4 is 28.7 Å². The highest BCUT2D eigenvalue weighted by atomic mass is 79.9. The Balaban J connectivity index is 0.000000160. The number of anilines is 5. The fraction of sp³-hybridized carbons (Fsp3) is 0.250. The molecule has 0 fully saturated rings. The van der Waals surface area contributed by atoms with E-state index in [2.05, 4.69) is 40.8 Å². The summed E-state index contributed by atoms with van der Waals surface area (Å²) in [6.07, 6.45) is 0. The lowest BCUT2D eigenvalue weighted by molar-refractivity contribution is 0.0745. The minimum atomic E-state index is -1.07. The fourth-order valence-electron chi connectivity index (χ4n) is 8.26. The fourth-order valence-corrected chi connectivity index (χ4v) is 9.25. The zero-order valence-electron chi connectivity index (χ0n) is 45.5. The molecule has 0 radical (unpaired) electrons. The van der Waals surface area contributed by atoms with Crippen molar-refractivity contribution in [3.8, 4) is 0 Å². The van der Waals surface area contributed by atoms with Crippen molar-refractivity contribution in [1.82, 2.24) is 24.9 Å². The Labute approximate surface area is 482 Å². The molecule has 10 rings (SSSR count). The van der Waals surface area contributed by atoms with Gasteiger partial charge in [0.2, 0.25) is 0 Å². The summed E-state index contributed by atoms with van der Waals surface area (Å²) in [5, 5.41) is 55.9. The molecule has 0 saturated heterocycles. The quantitative estimate of drug-likeness (QED) is 0.0766. The van der Waals surface area contributed by atoms with Crippen LogP contribution in [0.25, 0.3) is 54.5 Å². The van der Waals surface area contributed by atoms with Gasteiger partial charge in [0.05, 0.1) is 94.5 Å². The van der Waals surface area contributed by atoms with Crippen LogP contribution in [0.2, 0.25) is 15.1 Å². The summed E-state index contributed by atoms with van der Waals surface area (Å²) in [4.78, 5) is 21.8. The van der Waals surface area contributed by atoms with Gasteiger partial charge >= 0.3 is 0 Å². The normalized spacial score (nSPS) is 12.0. The summed E-state index contributed by atoms with van der Waals surface area (Å²) < 4.78 is 0.984. The summed E-state index contributed by atoms with van der Waals surface area (Å²) in [5.74, 6) is 0. The van der Waals surface area contributed by atoms with Gasteiger partial charge in [-0.3, -0.25) is 0 Å². The zero-order valence-corrected chi connectivity index (χ0v) is 49.3. The monoisotopic (exact) mass is 1190 g/mol. The molecule has 0 aliphatic carbocycles. The third-order valence-corrected chi connectivity index (χ3v) is 13.3. The van der Waals surface area contributed by atoms with E-state index in [1.54, 1.807) is 112 Å². The molecule has 5 aromatic carbocycles. The number of rotatable bonds is 5. The van der Waals surface area contributed by atoms with E-state index in [9.17, 15) is 25.5 Å². The molecule has 10 aromatic rings. The molecule has 414 valence electrons. The van der Waals surface area contributed by atoms with Gasteiger partial charge < -0.3 is 54.2 Å². The summed E-state index contributed by atoms with van der Waals surface area (Å²) in [6, 6.07) is 38.8. The number of hydrogen-bond donors (Lipinski definition) is 10. The summed E-state index contributed by atoms with van der Waals surface area (Å²) in [5.41, 5.74) is 32.8. The largest absolute Gasteiger partial charge is 0.397 e. The molecular weight excluding hydrogens is 1130 g/mol. The lowest BCUT2D eigenvalue weighted by Crippen LogP contribution is -2.19. The third kappa shape index (κ3) is 15.6. The van der Waals surface area contributed by atoms with Crippen LogP contribution in [-0.4, -0.2) is 50.5 Å². The standard InChI is InChI=1S/C12H13BrN2O.3C12H13ClN2O.C12H14N2O/c1-12(2,16)11-9(14)6-7-5-8(13)3-4-10(7)15-11;1-12(2,16)11-9(14)5-7-3-4-8(13)6-10(7)15-11;1-12(2,16)11-9(14)6-7-8(13)4-3-5-10(7)15-11;1-12(2,16)11-9(14)6-7-4-3-5-8(13)10(7)15-11;1-12(2,15)11-9(13)7-8-5-3-4-6-10(8)14-11/h4*3-6,16H,14H2,1-2H3;3-7,15H,13H2,1-2H3. The van der Waals surface area contributed by atoms with Crippen molar-refractivity contribution in [3.05, 3.63) is 175 Å². The number of benzene rings is 5. The molecule has 0 unspecified atom stereocenters. The van der Waals surface area contributed by atoms with Crippen molar-refractivity contribution in [1.29, 1.82) is 0 Å². The molecule has 0 amide bonds. The maximum atomic E-state index is 9.93. The third-order valence-electron chi connectivity index (χ3n) is 11.9. The first-order chi connectivity index (χ1) is 36.5. The topological polar surface area (TPSA) is 296 Å². The van der Waals surface area contributed by atoms with Crippen LogP contribution >= 0.6 is 50.7 Å². The predicted molar refractivity (Wildman–Crippen MR) is 330 cm³/mol. The Bertz CT molecular complexity index is 3820. The number of para-hydroxylation sites is 2. The number of halogens is 4. The number of fused-ring (bicyclic) bond motifs is 5. The Morgan fingerprint density at radius 2 is 0.734 bits per heavy atom. The van der Waals surface area contributed by atoms with E-state index in [1.165, 1.54) is 0 Å². The van der Waals surface area contributed by atoms with Crippen molar-refractivity contribution in [2.24, 2.45) is 0 Å². The highest BCUT2D eigenvalue weighted by Crippen LogP contribution is 2.34. The van der Waals surface area contributed by atoms with Crippen LogP contribution in [0.3, 0.4) is 0 Å². The minimum Gasteiger partial charge on any atom is -0.397 e. The van der Waals surface area contributed by atoms with E-state index in [1.807, 2.05) is 84.9 Å². The van der Waals surface area contributed by atoms with Gasteiger partial charge in [-0.15, -0.1) is 0 Å². The molecule has 15 nitrogen and oxygen atoms in total. The molecule has 5 heterocycles. The van der Waals surface area contributed by atoms with Crippen LogP contribution in [-0.2, 0) is 28.0 Å². The van der Waals surface area contributed by atoms with Crippen molar-refractivity contribution < 1.29 is 25.5 Å². The Morgan fingerprint density at radius 1 is 0.354 bits per heavy atom. The van der Waals surface area contributed by atoms with Crippen LogP contribution in [0.1, 0.15) is 97.7 Å². The average Bonchev–Trinajstić information content (AvgIpc) is 3.38. The summed E-state index contributed by atoms with van der Waals surface area (Å²) >= 11 is 21.4. The molecular formula is C60H66BrCl3N10O5. The molecule has 15 N–H and O–H groups in total. The van der Waals surface area contributed by atoms with E-state index >= 15 is 0 Å². The number of hydrogen-bond acceptors (Lipinski definition) is 15. The minimum absolute atomic E-state index is 0.452. The summed E-state index contributed by atoms with van der Waals surface area (Å²) in [6.45, 7) is 16.6. The zero-order chi connectivity index (χ0) is 58.7. The first kappa shape index (κ1) is 61.5. The molecule has 0 saturated carbocycles. The molecule has 79 heavy (non-hydrogen) atoms. The van der Waals surface area contributed by atoms with Gasteiger partial charge in [0.15, 0.2) is 0 Å². The van der Waals surface area contributed by atoms with Gasteiger partial charge in [-0.1, -0.05) is 93.2 Å². The molecule has 0 aliphatic rings. The Kier molecular flexibility index (Phi) is 18.6. The van der Waals surface area contributed by atoms with E-state index < -0.39 is 28.0 Å². The maximum Gasteiger partial charge on any atom is 0.103 e. The van der Waals surface area contributed by atoms with Crippen molar-refractivity contribution in [2.75, 3.05) is 28.7 Å². The predicted octanol–water partition coefficient (Wildman–Crippen LogP) is 12.9. The number of pyridine rings is 5. The smallest absolute Gasteiger partial charge is 0.103 e. The lowest BCUT2D eigenvalue weighted by Gasteiger charge is -2.19. The van der Waals surface area contributed by atoms with Gasteiger partial charge in [0.1, 0.15) is 28.0 Å². The van der Waals surface area contributed by atoms with Crippen LogP contribution in [0, 0.1) is 0 Å². The van der Waals surface area contributed by atoms with Crippen LogP contribution in [0.5, 0.6) is 0 Å². The van der Waals surface area contributed by atoms with E-state index in [4.69, 9.17) is 63.5 Å². The molecule has 5 aromatic heterocycles. The SMILES string of the molecule is CC(C)(O)c1nc2c(Cl)cccc2cc1N.CC(C)(O)c1nc2cc(Cl)ccc2cc1N.CC(C)(O)c1nc2ccc(Br)cc2cc1N.CC(C)(O)c1nc2cccc(Cl)c2cc1N.CC(C)(O)c1nc2ccccc2cc1N. The second-order valence-electron chi connectivity index (χ2n) is 21.4. The lowest BCUT2D eigenvalue weighted by atomic mass is 10.0. The van der Waals surface area contributed by atoms with Crippen molar-refractivity contribution in [2.45, 2.75) is 97.2 Å². The average molecular weight is 1190 g/mol. The van der Waals surface area contributed by atoms with Crippen LogP contribution in [0.4, 0.5) is 28.4 Å². The number of nitrogen functional groups attached to an aromatic ring is 5. The van der Waals surface area contributed by atoms with Gasteiger partial charge in [-0.25, -0.2) is 24.9 Å². The number of nitrogens with zero attached hydrogens (tertiary/aromatic N) is 5. The first-order valence-corrected chi connectivity index (χ1v) is 26.7. The van der Waals surface area contributed by atoms with E-state index in [0.717, 1.165) is 53.5 Å². The molecule has 0 atom stereocenters. The van der Waals surface area contributed by atoms with E-state index in [-0.39, 0.29) is 0 Å². The highest BCUT2D eigenvalue weighted by Gasteiger charge is 2.26. The number of aliphatic hydroxyl groups is 5. The molecule has 0 aliphatic heterocycles. The number of aromatic nitrogens is 5. The first-order valence-electron chi connectivity index (χ1n) is 24.7. The Hall–Kier alpha value is -6.70. The number of nitrogens with two attached hydrogens (primary N) is 5. The van der Waals surface area contributed by atoms with Crippen molar-refractivity contribution in [3.63, 3.8) is 0 Å². The van der Waals surface area contributed by atoms with Gasteiger partial charge in [0, 0.05) is 36.4 Å². The van der Waals surface area contributed by atoms with Gasteiger partial charge in [-0.05, 0) is 154 Å². The van der Waals surface area contributed by atoms with Crippen molar-refractivity contribution >= 4 is 134 Å². The van der Waals surface area contributed by atoms with Gasteiger partial charge in [-0.2, -0.15) is 0 Å². The van der Waals surface area contributed by atoms with Gasteiger partial charge in [0.25, 0.3) is 0 Å². The molecule has 19 heteroatoms. The second-order valence-corrected chi connectivity index (χ2v) is 23.6. The second kappa shape index (κ2) is 23.9.